The fraction of sp³-hybridized carbons (Fsp3) is 0.917. The topological polar surface area (TPSA) is 38.3 Å². The zero-order valence-corrected chi connectivity index (χ0v) is 11.6. The Balaban J connectivity index is 2.21. The van der Waals surface area contributed by atoms with Crippen molar-refractivity contribution in [2.24, 2.45) is 11.8 Å². The standard InChI is InChI=1S/C12H22BrNO2/c1-2-3-10(4-6-13)8-14-12(15)11-5-7-16-9-11/h10-11H,2-9H2,1H3,(H,14,15). The monoisotopic (exact) mass is 291 g/mol. The Kier molecular flexibility index (Phi) is 7.05. The first kappa shape index (κ1) is 14.0. The second-order valence-corrected chi connectivity index (χ2v) is 5.23. The van der Waals surface area contributed by atoms with E-state index in [1.807, 2.05) is 0 Å². The molecule has 0 radical (unpaired) electrons. The van der Waals surface area contributed by atoms with Crippen LogP contribution in [0.3, 0.4) is 0 Å². The molecule has 1 fully saturated rings. The first-order chi connectivity index (χ1) is 7.77. The highest BCUT2D eigenvalue weighted by molar-refractivity contribution is 9.09. The summed E-state index contributed by atoms with van der Waals surface area (Å²) in [6, 6.07) is 0. The minimum Gasteiger partial charge on any atom is -0.381 e. The molecule has 1 aliphatic rings. The highest BCUT2D eigenvalue weighted by atomic mass is 79.9. The Labute approximate surface area is 106 Å². The number of halogens is 1. The van der Waals surface area contributed by atoms with E-state index in [-0.39, 0.29) is 11.8 Å². The van der Waals surface area contributed by atoms with E-state index in [1.165, 1.54) is 12.8 Å². The molecular formula is C12H22BrNO2. The Morgan fingerprint density at radius 2 is 2.38 bits per heavy atom. The van der Waals surface area contributed by atoms with Crippen LogP contribution in [0.4, 0.5) is 0 Å². The van der Waals surface area contributed by atoms with Gasteiger partial charge in [-0.1, -0.05) is 29.3 Å². The lowest BCUT2D eigenvalue weighted by Crippen LogP contribution is -2.34. The molecule has 0 aliphatic carbocycles. The van der Waals surface area contributed by atoms with Crippen molar-refractivity contribution in [3.63, 3.8) is 0 Å². The van der Waals surface area contributed by atoms with Crippen molar-refractivity contribution in [2.75, 3.05) is 25.1 Å². The van der Waals surface area contributed by atoms with Crippen molar-refractivity contribution in [2.45, 2.75) is 32.6 Å². The van der Waals surface area contributed by atoms with Gasteiger partial charge in [0.2, 0.25) is 5.91 Å². The Hall–Kier alpha value is -0.0900. The molecule has 1 amide bonds. The van der Waals surface area contributed by atoms with E-state index in [0.29, 0.717) is 12.5 Å². The smallest absolute Gasteiger partial charge is 0.225 e. The molecule has 0 aromatic heterocycles. The van der Waals surface area contributed by atoms with Crippen LogP contribution in [0.1, 0.15) is 32.6 Å². The molecule has 0 aromatic carbocycles. The van der Waals surface area contributed by atoms with Crippen LogP contribution in [0.2, 0.25) is 0 Å². The third kappa shape index (κ3) is 4.83. The van der Waals surface area contributed by atoms with Crippen LogP contribution in [-0.2, 0) is 9.53 Å². The molecule has 94 valence electrons. The molecule has 1 N–H and O–H groups in total. The lowest BCUT2D eigenvalue weighted by molar-refractivity contribution is -0.125. The minimum atomic E-state index is 0.0891. The summed E-state index contributed by atoms with van der Waals surface area (Å²) in [5, 5.41) is 4.07. The molecule has 0 spiro atoms. The molecule has 2 atom stereocenters. The van der Waals surface area contributed by atoms with Crippen LogP contribution in [0, 0.1) is 11.8 Å². The van der Waals surface area contributed by atoms with Gasteiger partial charge in [-0.3, -0.25) is 4.79 Å². The molecule has 16 heavy (non-hydrogen) atoms. The van der Waals surface area contributed by atoms with Gasteiger partial charge in [0.15, 0.2) is 0 Å². The second-order valence-electron chi connectivity index (χ2n) is 4.44. The zero-order chi connectivity index (χ0) is 11.8. The lowest BCUT2D eigenvalue weighted by atomic mass is 10.0. The summed E-state index contributed by atoms with van der Waals surface area (Å²) < 4.78 is 5.21. The van der Waals surface area contributed by atoms with Crippen molar-refractivity contribution in [3.8, 4) is 0 Å². The number of nitrogens with one attached hydrogen (secondary N) is 1. The molecule has 0 saturated carbocycles. The lowest BCUT2D eigenvalue weighted by Gasteiger charge is -2.17. The number of alkyl halides is 1. The van der Waals surface area contributed by atoms with Crippen molar-refractivity contribution >= 4 is 21.8 Å². The third-order valence-corrected chi connectivity index (χ3v) is 3.54. The van der Waals surface area contributed by atoms with E-state index >= 15 is 0 Å². The quantitative estimate of drug-likeness (QED) is 0.731. The van der Waals surface area contributed by atoms with Gasteiger partial charge in [-0.2, -0.15) is 0 Å². The maximum Gasteiger partial charge on any atom is 0.225 e. The van der Waals surface area contributed by atoms with E-state index in [1.54, 1.807) is 0 Å². The number of carbonyl (C=O) groups excluding carboxylic acids is 1. The van der Waals surface area contributed by atoms with Crippen LogP contribution in [0.25, 0.3) is 0 Å². The summed E-state index contributed by atoms with van der Waals surface area (Å²) in [4.78, 5) is 11.8. The van der Waals surface area contributed by atoms with Gasteiger partial charge in [0.25, 0.3) is 0 Å². The molecule has 1 heterocycles. The van der Waals surface area contributed by atoms with Crippen LogP contribution < -0.4 is 5.32 Å². The molecule has 1 rings (SSSR count). The van der Waals surface area contributed by atoms with E-state index in [2.05, 4.69) is 28.2 Å². The predicted molar refractivity (Wildman–Crippen MR) is 68.7 cm³/mol. The summed E-state index contributed by atoms with van der Waals surface area (Å²) >= 11 is 3.46. The first-order valence-electron chi connectivity index (χ1n) is 6.19. The molecule has 1 saturated heterocycles. The predicted octanol–water partition coefficient (Wildman–Crippen LogP) is 2.34. The molecule has 4 heteroatoms. The zero-order valence-electron chi connectivity index (χ0n) is 10.0. The average molecular weight is 292 g/mol. The molecule has 3 nitrogen and oxygen atoms in total. The van der Waals surface area contributed by atoms with Crippen molar-refractivity contribution in [3.05, 3.63) is 0 Å². The fourth-order valence-corrected chi connectivity index (χ4v) is 2.69. The second kappa shape index (κ2) is 8.07. The van der Waals surface area contributed by atoms with E-state index in [0.717, 1.165) is 31.3 Å². The van der Waals surface area contributed by atoms with E-state index < -0.39 is 0 Å². The number of hydrogen-bond donors (Lipinski definition) is 1. The highest BCUT2D eigenvalue weighted by Gasteiger charge is 2.23. The molecule has 2 unspecified atom stereocenters. The van der Waals surface area contributed by atoms with Gasteiger partial charge in [0.05, 0.1) is 12.5 Å². The van der Waals surface area contributed by atoms with Gasteiger partial charge in [-0.25, -0.2) is 0 Å². The van der Waals surface area contributed by atoms with Gasteiger partial charge in [-0.15, -0.1) is 0 Å². The molecular weight excluding hydrogens is 270 g/mol. The summed E-state index contributed by atoms with van der Waals surface area (Å²) in [5.74, 6) is 0.870. The number of carbonyl (C=O) groups is 1. The van der Waals surface area contributed by atoms with Crippen molar-refractivity contribution in [1.29, 1.82) is 0 Å². The first-order valence-corrected chi connectivity index (χ1v) is 7.31. The third-order valence-electron chi connectivity index (χ3n) is 3.08. The van der Waals surface area contributed by atoms with Crippen LogP contribution in [0.15, 0.2) is 0 Å². The molecule has 0 bridgehead atoms. The normalized spacial score (nSPS) is 22.0. The van der Waals surface area contributed by atoms with Crippen LogP contribution in [0.5, 0.6) is 0 Å². The molecule has 0 aromatic rings. The minimum absolute atomic E-state index is 0.0891. The summed E-state index contributed by atoms with van der Waals surface area (Å²) in [7, 11) is 0. The van der Waals surface area contributed by atoms with Gasteiger partial charge < -0.3 is 10.1 Å². The number of ether oxygens (including phenoxy) is 1. The van der Waals surface area contributed by atoms with Gasteiger partial charge in [0, 0.05) is 18.5 Å². The SMILES string of the molecule is CCCC(CCBr)CNC(=O)C1CCOC1. The summed E-state index contributed by atoms with van der Waals surface area (Å²) in [5.41, 5.74) is 0. The summed E-state index contributed by atoms with van der Waals surface area (Å²) in [6.45, 7) is 4.34. The highest BCUT2D eigenvalue weighted by Crippen LogP contribution is 2.14. The fourth-order valence-electron chi connectivity index (χ4n) is 2.04. The number of amides is 1. The Morgan fingerprint density at radius 1 is 1.56 bits per heavy atom. The van der Waals surface area contributed by atoms with Crippen LogP contribution in [-0.4, -0.2) is 31.0 Å². The Bertz CT molecular complexity index is 199. The van der Waals surface area contributed by atoms with Crippen LogP contribution >= 0.6 is 15.9 Å². The Morgan fingerprint density at radius 3 is 2.94 bits per heavy atom. The average Bonchev–Trinajstić information content (AvgIpc) is 2.79. The number of rotatable bonds is 7. The van der Waals surface area contributed by atoms with Crippen molar-refractivity contribution < 1.29 is 9.53 Å². The van der Waals surface area contributed by atoms with Crippen molar-refractivity contribution in [1.82, 2.24) is 5.32 Å². The van der Waals surface area contributed by atoms with E-state index in [9.17, 15) is 4.79 Å². The maximum atomic E-state index is 11.8. The summed E-state index contributed by atoms with van der Waals surface area (Å²) in [6.07, 6.45) is 4.38. The molecule has 1 aliphatic heterocycles. The van der Waals surface area contributed by atoms with Gasteiger partial charge in [-0.05, 0) is 25.2 Å². The van der Waals surface area contributed by atoms with Gasteiger partial charge in [0.1, 0.15) is 0 Å². The number of hydrogen-bond acceptors (Lipinski definition) is 2. The maximum absolute atomic E-state index is 11.8. The largest absolute Gasteiger partial charge is 0.381 e. The van der Waals surface area contributed by atoms with Gasteiger partial charge >= 0.3 is 0 Å². The van der Waals surface area contributed by atoms with E-state index in [4.69, 9.17) is 4.74 Å².